The van der Waals surface area contributed by atoms with Gasteiger partial charge in [-0.05, 0) is 30.7 Å². The SMILES string of the molecule is CCC1OCC(COc2ccc(Oc3ccc(F)c(Cl)c3)cc2Cl)O1. The first kappa shape index (κ1) is 18.3. The van der Waals surface area contributed by atoms with Crippen molar-refractivity contribution in [1.82, 2.24) is 0 Å². The van der Waals surface area contributed by atoms with Crippen molar-refractivity contribution in [3.63, 3.8) is 0 Å². The number of ether oxygens (including phenoxy) is 4. The van der Waals surface area contributed by atoms with Gasteiger partial charge in [0, 0.05) is 12.1 Å². The molecule has 0 aromatic heterocycles. The Kier molecular flexibility index (Phi) is 6.02. The van der Waals surface area contributed by atoms with E-state index in [1.807, 2.05) is 6.92 Å². The average molecular weight is 387 g/mol. The summed E-state index contributed by atoms with van der Waals surface area (Å²) in [6.07, 6.45) is 0.525. The maximum absolute atomic E-state index is 13.2. The van der Waals surface area contributed by atoms with Gasteiger partial charge in [-0.3, -0.25) is 0 Å². The van der Waals surface area contributed by atoms with Gasteiger partial charge in [0.05, 0.1) is 16.7 Å². The van der Waals surface area contributed by atoms with Gasteiger partial charge in [0.25, 0.3) is 0 Å². The van der Waals surface area contributed by atoms with E-state index < -0.39 is 5.82 Å². The van der Waals surface area contributed by atoms with Crippen LogP contribution in [0.3, 0.4) is 0 Å². The second-order valence-corrected chi connectivity index (χ2v) is 6.32. The molecule has 1 aliphatic rings. The summed E-state index contributed by atoms with van der Waals surface area (Å²) in [7, 11) is 0. The summed E-state index contributed by atoms with van der Waals surface area (Å²) in [5.74, 6) is 0.929. The van der Waals surface area contributed by atoms with Crippen LogP contribution in [-0.4, -0.2) is 25.6 Å². The highest BCUT2D eigenvalue weighted by atomic mass is 35.5. The zero-order valence-corrected chi connectivity index (χ0v) is 15.0. The Morgan fingerprint density at radius 3 is 2.48 bits per heavy atom. The molecule has 2 unspecified atom stereocenters. The molecular weight excluding hydrogens is 370 g/mol. The zero-order chi connectivity index (χ0) is 17.8. The molecule has 0 aliphatic carbocycles. The molecule has 2 aromatic carbocycles. The van der Waals surface area contributed by atoms with Crippen molar-refractivity contribution in [2.75, 3.05) is 13.2 Å². The third-order valence-corrected chi connectivity index (χ3v) is 4.19. The minimum Gasteiger partial charge on any atom is -0.489 e. The molecule has 4 nitrogen and oxygen atoms in total. The van der Waals surface area contributed by atoms with E-state index in [-0.39, 0.29) is 17.4 Å². The Morgan fingerprint density at radius 2 is 1.84 bits per heavy atom. The Balaban J connectivity index is 1.59. The molecule has 0 bridgehead atoms. The average Bonchev–Trinajstić information content (AvgIpc) is 3.05. The summed E-state index contributed by atoms with van der Waals surface area (Å²) in [6.45, 7) is 2.85. The van der Waals surface area contributed by atoms with E-state index in [2.05, 4.69) is 0 Å². The molecule has 2 aromatic rings. The van der Waals surface area contributed by atoms with Crippen LogP contribution >= 0.6 is 23.2 Å². The van der Waals surface area contributed by atoms with Crippen molar-refractivity contribution in [1.29, 1.82) is 0 Å². The molecule has 1 aliphatic heterocycles. The smallest absolute Gasteiger partial charge is 0.158 e. The highest BCUT2D eigenvalue weighted by Gasteiger charge is 2.25. The van der Waals surface area contributed by atoms with Crippen molar-refractivity contribution in [3.05, 3.63) is 52.3 Å². The summed E-state index contributed by atoms with van der Waals surface area (Å²) in [5.41, 5.74) is 0. The molecule has 134 valence electrons. The van der Waals surface area contributed by atoms with Crippen molar-refractivity contribution in [2.45, 2.75) is 25.7 Å². The normalized spacial score (nSPS) is 19.8. The first-order chi connectivity index (χ1) is 12.0. The zero-order valence-electron chi connectivity index (χ0n) is 13.5. The van der Waals surface area contributed by atoms with E-state index in [4.69, 9.17) is 42.1 Å². The Labute approximate surface area is 155 Å². The Bertz CT molecular complexity index is 741. The third kappa shape index (κ3) is 4.76. The number of halogens is 3. The topological polar surface area (TPSA) is 36.9 Å². The van der Waals surface area contributed by atoms with Gasteiger partial charge in [0.2, 0.25) is 0 Å². The molecule has 25 heavy (non-hydrogen) atoms. The molecule has 1 saturated heterocycles. The summed E-state index contributed by atoms with van der Waals surface area (Å²) >= 11 is 12.0. The molecule has 7 heteroatoms. The number of benzene rings is 2. The Hall–Kier alpha value is -1.53. The predicted octanol–water partition coefficient (Wildman–Crippen LogP) is 5.46. The monoisotopic (exact) mass is 386 g/mol. The largest absolute Gasteiger partial charge is 0.489 e. The van der Waals surface area contributed by atoms with Crippen molar-refractivity contribution in [3.8, 4) is 17.2 Å². The van der Waals surface area contributed by atoms with Crippen LogP contribution in [0.25, 0.3) is 0 Å². The maximum Gasteiger partial charge on any atom is 0.158 e. The minimum atomic E-state index is -0.501. The van der Waals surface area contributed by atoms with Crippen LogP contribution in [-0.2, 0) is 9.47 Å². The standard InChI is InChI=1S/C18H17Cl2FO4/c1-2-18-23-10-13(25-18)9-22-17-6-4-12(8-15(17)20)24-11-3-5-16(21)14(19)7-11/h3-8,13,18H,2,9-10H2,1H3. The van der Waals surface area contributed by atoms with Gasteiger partial charge in [0.1, 0.15) is 35.8 Å². The van der Waals surface area contributed by atoms with Crippen molar-refractivity contribution < 1.29 is 23.3 Å². The highest BCUT2D eigenvalue weighted by molar-refractivity contribution is 6.32. The van der Waals surface area contributed by atoms with Crippen molar-refractivity contribution in [2.24, 2.45) is 0 Å². The van der Waals surface area contributed by atoms with Gasteiger partial charge in [-0.25, -0.2) is 4.39 Å². The second-order valence-electron chi connectivity index (χ2n) is 5.51. The second kappa shape index (κ2) is 8.23. The fraction of sp³-hybridized carbons (Fsp3) is 0.333. The molecule has 0 N–H and O–H groups in total. The van der Waals surface area contributed by atoms with Gasteiger partial charge in [-0.15, -0.1) is 0 Å². The van der Waals surface area contributed by atoms with E-state index in [1.165, 1.54) is 18.2 Å². The fourth-order valence-corrected chi connectivity index (χ4v) is 2.73. The molecule has 0 spiro atoms. The van der Waals surface area contributed by atoms with Gasteiger partial charge in [0.15, 0.2) is 6.29 Å². The van der Waals surface area contributed by atoms with E-state index in [0.29, 0.717) is 35.5 Å². The quantitative estimate of drug-likeness (QED) is 0.660. The van der Waals surface area contributed by atoms with Crippen LogP contribution in [0.1, 0.15) is 13.3 Å². The number of hydrogen-bond acceptors (Lipinski definition) is 4. The number of rotatable bonds is 6. The summed E-state index contributed by atoms with van der Waals surface area (Å²) < 4.78 is 35.6. The van der Waals surface area contributed by atoms with E-state index in [0.717, 1.165) is 6.42 Å². The van der Waals surface area contributed by atoms with Crippen LogP contribution in [0.5, 0.6) is 17.2 Å². The molecule has 0 amide bonds. The van der Waals surface area contributed by atoms with Gasteiger partial charge >= 0.3 is 0 Å². The lowest BCUT2D eigenvalue weighted by atomic mass is 10.3. The van der Waals surface area contributed by atoms with Crippen LogP contribution < -0.4 is 9.47 Å². The van der Waals surface area contributed by atoms with Crippen molar-refractivity contribution >= 4 is 23.2 Å². The van der Waals surface area contributed by atoms with Crippen LogP contribution in [0.4, 0.5) is 4.39 Å². The van der Waals surface area contributed by atoms with Crippen LogP contribution in [0.15, 0.2) is 36.4 Å². The van der Waals surface area contributed by atoms with Crippen LogP contribution in [0, 0.1) is 5.82 Å². The first-order valence-electron chi connectivity index (χ1n) is 7.87. The lowest BCUT2D eigenvalue weighted by molar-refractivity contribution is -0.0642. The van der Waals surface area contributed by atoms with E-state index in [9.17, 15) is 4.39 Å². The summed E-state index contributed by atoms with van der Waals surface area (Å²) in [6, 6.07) is 9.16. The maximum atomic E-state index is 13.2. The van der Waals surface area contributed by atoms with Gasteiger partial charge in [-0.1, -0.05) is 30.1 Å². The summed E-state index contributed by atoms with van der Waals surface area (Å²) in [5, 5.41) is 0.393. The fourth-order valence-electron chi connectivity index (χ4n) is 2.33. The molecule has 2 atom stereocenters. The number of hydrogen-bond donors (Lipinski definition) is 0. The van der Waals surface area contributed by atoms with Crippen LogP contribution in [0.2, 0.25) is 10.0 Å². The minimum absolute atomic E-state index is 0.00674. The highest BCUT2D eigenvalue weighted by Crippen LogP contribution is 2.32. The lowest BCUT2D eigenvalue weighted by Gasteiger charge is -2.13. The van der Waals surface area contributed by atoms with Gasteiger partial charge < -0.3 is 18.9 Å². The van der Waals surface area contributed by atoms with E-state index >= 15 is 0 Å². The molecule has 3 rings (SSSR count). The lowest BCUT2D eigenvalue weighted by Crippen LogP contribution is -2.20. The molecular formula is C18H17Cl2FO4. The molecule has 1 heterocycles. The summed E-state index contributed by atoms with van der Waals surface area (Å²) in [4.78, 5) is 0. The predicted molar refractivity (Wildman–Crippen MR) is 93.3 cm³/mol. The van der Waals surface area contributed by atoms with Gasteiger partial charge in [-0.2, -0.15) is 0 Å². The first-order valence-corrected chi connectivity index (χ1v) is 8.63. The molecule has 0 saturated carbocycles. The third-order valence-electron chi connectivity index (χ3n) is 3.60. The Morgan fingerprint density at radius 1 is 1.12 bits per heavy atom. The molecule has 1 fully saturated rings. The molecule has 0 radical (unpaired) electrons. The van der Waals surface area contributed by atoms with E-state index in [1.54, 1.807) is 18.2 Å².